The quantitative estimate of drug-likeness (QED) is 0.170. The van der Waals surface area contributed by atoms with E-state index in [9.17, 15) is 8.42 Å². The Morgan fingerprint density at radius 2 is 1.14 bits per heavy atom. The minimum Gasteiger partial charge on any atom is -0.374 e. The smallest absolute Gasteiger partial charge is 0.178 e. The number of rotatable bonds is 14. The molecule has 0 saturated carbocycles. The van der Waals surface area contributed by atoms with Gasteiger partial charge in [0.15, 0.2) is 9.84 Å². The van der Waals surface area contributed by atoms with E-state index in [-0.39, 0.29) is 18.0 Å². The molecule has 6 nitrogen and oxygen atoms in total. The SMILES string of the molecule is O=S(=O)(CC[C@@H]1C[C@@H](OCc2ccccc2)[C@H](OCc2ccccc2)[C@@H](COCc2ccccc2)O1)c1ccccc1. The topological polar surface area (TPSA) is 71.1 Å². The van der Waals surface area contributed by atoms with Gasteiger partial charge in [-0.1, -0.05) is 109 Å². The molecule has 1 fully saturated rings. The molecule has 7 heteroatoms. The van der Waals surface area contributed by atoms with Crippen molar-refractivity contribution in [2.75, 3.05) is 12.4 Å². The lowest BCUT2D eigenvalue weighted by atomic mass is 9.96. The van der Waals surface area contributed by atoms with Crippen molar-refractivity contribution in [2.45, 2.75) is 62.0 Å². The number of hydrogen-bond donors (Lipinski definition) is 0. The average Bonchev–Trinajstić information content (AvgIpc) is 3.04. The molecule has 0 N–H and O–H groups in total. The summed E-state index contributed by atoms with van der Waals surface area (Å²) in [6, 6.07) is 38.6. The lowest BCUT2D eigenvalue weighted by molar-refractivity contribution is -0.220. The van der Waals surface area contributed by atoms with Crippen LogP contribution in [0, 0.1) is 0 Å². The first-order valence-corrected chi connectivity index (χ1v) is 16.1. The summed E-state index contributed by atoms with van der Waals surface area (Å²) in [6.07, 6.45) is -0.596. The minimum absolute atomic E-state index is 0.0137. The Bertz CT molecular complexity index is 1430. The highest BCUT2D eigenvalue weighted by molar-refractivity contribution is 7.91. The molecule has 0 unspecified atom stereocenters. The summed E-state index contributed by atoms with van der Waals surface area (Å²) in [5.41, 5.74) is 3.18. The molecular formula is C35H38O6S. The van der Waals surface area contributed by atoms with E-state index >= 15 is 0 Å². The van der Waals surface area contributed by atoms with Gasteiger partial charge in [-0.25, -0.2) is 8.42 Å². The van der Waals surface area contributed by atoms with Crippen LogP contribution in [0.5, 0.6) is 0 Å². The van der Waals surface area contributed by atoms with Gasteiger partial charge in [0.25, 0.3) is 0 Å². The highest BCUT2D eigenvalue weighted by atomic mass is 32.2. The van der Waals surface area contributed by atoms with Crippen LogP contribution in [0.4, 0.5) is 0 Å². The van der Waals surface area contributed by atoms with Gasteiger partial charge in [0.1, 0.15) is 12.2 Å². The summed E-state index contributed by atoms with van der Waals surface area (Å²) in [6.45, 7) is 1.56. The summed E-state index contributed by atoms with van der Waals surface area (Å²) in [7, 11) is -3.45. The van der Waals surface area contributed by atoms with Crippen LogP contribution in [0.3, 0.4) is 0 Å². The van der Waals surface area contributed by atoms with Gasteiger partial charge < -0.3 is 18.9 Å². The molecular weight excluding hydrogens is 548 g/mol. The van der Waals surface area contributed by atoms with Crippen LogP contribution >= 0.6 is 0 Å². The van der Waals surface area contributed by atoms with Crippen LogP contribution in [0.15, 0.2) is 126 Å². The molecule has 4 atom stereocenters. The van der Waals surface area contributed by atoms with Crippen LogP contribution in [-0.2, 0) is 48.6 Å². The minimum atomic E-state index is -3.45. The highest BCUT2D eigenvalue weighted by Gasteiger charge is 2.41. The molecule has 42 heavy (non-hydrogen) atoms. The van der Waals surface area contributed by atoms with Crippen molar-refractivity contribution in [2.24, 2.45) is 0 Å². The van der Waals surface area contributed by atoms with Crippen LogP contribution in [-0.4, -0.2) is 45.2 Å². The Hall–Kier alpha value is -3.33. The second-order valence-electron chi connectivity index (χ2n) is 10.5. The molecule has 1 aliphatic heterocycles. The average molecular weight is 587 g/mol. The van der Waals surface area contributed by atoms with Gasteiger partial charge >= 0.3 is 0 Å². The van der Waals surface area contributed by atoms with Gasteiger partial charge in [0, 0.05) is 6.42 Å². The Balaban J connectivity index is 1.32. The lowest BCUT2D eigenvalue weighted by Gasteiger charge is -2.41. The lowest BCUT2D eigenvalue weighted by Crippen LogP contribution is -2.52. The second kappa shape index (κ2) is 15.2. The number of ether oxygens (including phenoxy) is 4. The summed E-state index contributed by atoms with van der Waals surface area (Å²) in [4.78, 5) is 0.324. The first kappa shape index (κ1) is 30.1. The van der Waals surface area contributed by atoms with Crippen LogP contribution in [0.2, 0.25) is 0 Å². The second-order valence-corrected chi connectivity index (χ2v) is 12.7. The fourth-order valence-electron chi connectivity index (χ4n) is 5.15. The Labute approximate surface area is 249 Å². The molecule has 1 aliphatic rings. The van der Waals surface area contributed by atoms with Gasteiger partial charge in [-0.15, -0.1) is 0 Å². The predicted octanol–water partition coefficient (Wildman–Crippen LogP) is 6.40. The molecule has 4 aromatic carbocycles. The Morgan fingerprint density at radius 1 is 0.643 bits per heavy atom. The van der Waals surface area contributed by atoms with Crippen molar-refractivity contribution in [3.05, 3.63) is 138 Å². The van der Waals surface area contributed by atoms with Crippen LogP contribution < -0.4 is 0 Å². The van der Waals surface area contributed by atoms with Crippen LogP contribution in [0.25, 0.3) is 0 Å². The third-order valence-electron chi connectivity index (χ3n) is 7.39. The molecule has 1 heterocycles. The number of benzene rings is 4. The van der Waals surface area contributed by atoms with Crippen molar-refractivity contribution < 1.29 is 27.4 Å². The van der Waals surface area contributed by atoms with Gasteiger partial charge in [-0.3, -0.25) is 0 Å². The van der Waals surface area contributed by atoms with Crippen LogP contribution in [0.1, 0.15) is 29.5 Å². The Morgan fingerprint density at radius 3 is 1.71 bits per heavy atom. The molecule has 0 aromatic heterocycles. The zero-order valence-electron chi connectivity index (χ0n) is 23.7. The third-order valence-corrected chi connectivity index (χ3v) is 9.16. The van der Waals surface area contributed by atoms with Crippen molar-refractivity contribution in [3.8, 4) is 0 Å². The molecule has 0 aliphatic carbocycles. The zero-order chi connectivity index (χ0) is 29.0. The molecule has 0 spiro atoms. The molecule has 5 rings (SSSR count). The Kier molecular flexibility index (Phi) is 10.9. The zero-order valence-corrected chi connectivity index (χ0v) is 24.5. The van der Waals surface area contributed by atoms with Gasteiger partial charge in [0.05, 0.1) is 49.3 Å². The fourth-order valence-corrected chi connectivity index (χ4v) is 6.53. The predicted molar refractivity (Wildman–Crippen MR) is 163 cm³/mol. The van der Waals surface area contributed by atoms with Crippen molar-refractivity contribution in [3.63, 3.8) is 0 Å². The highest BCUT2D eigenvalue weighted by Crippen LogP contribution is 2.30. The van der Waals surface area contributed by atoms with Gasteiger partial charge in [0.2, 0.25) is 0 Å². The van der Waals surface area contributed by atoms with E-state index in [1.165, 1.54) is 0 Å². The largest absolute Gasteiger partial charge is 0.374 e. The summed E-state index contributed by atoms with van der Waals surface area (Å²) >= 11 is 0. The van der Waals surface area contributed by atoms with E-state index in [0.29, 0.717) is 44.2 Å². The number of hydrogen-bond acceptors (Lipinski definition) is 6. The van der Waals surface area contributed by atoms with Crippen molar-refractivity contribution in [1.82, 2.24) is 0 Å². The first-order valence-electron chi connectivity index (χ1n) is 14.4. The maximum absolute atomic E-state index is 13.1. The first-order chi connectivity index (χ1) is 20.6. The normalized spacial score (nSPS) is 20.8. The monoisotopic (exact) mass is 586 g/mol. The van der Waals surface area contributed by atoms with Gasteiger partial charge in [-0.05, 0) is 35.2 Å². The van der Waals surface area contributed by atoms with E-state index in [1.54, 1.807) is 24.3 Å². The summed E-state index contributed by atoms with van der Waals surface area (Å²) < 4.78 is 51.8. The molecule has 0 bridgehead atoms. The maximum atomic E-state index is 13.1. The van der Waals surface area contributed by atoms with E-state index in [2.05, 4.69) is 0 Å². The van der Waals surface area contributed by atoms with E-state index in [4.69, 9.17) is 18.9 Å². The summed E-state index contributed by atoms with van der Waals surface area (Å²) in [5.74, 6) is -0.0137. The van der Waals surface area contributed by atoms with Gasteiger partial charge in [-0.2, -0.15) is 0 Å². The summed E-state index contributed by atoms with van der Waals surface area (Å²) in [5, 5.41) is 0. The fraction of sp³-hybridized carbons (Fsp3) is 0.314. The molecule has 0 amide bonds. The van der Waals surface area contributed by atoms with E-state index in [0.717, 1.165) is 16.7 Å². The molecule has 1 saturated heterocycles. The van der Waals surface area contributed by atoms with Crippen molar-refractivity contribution in [1.29, 1.82) is 0 Å². The van der Waals surface area contributed by atoms with E-state index in [1.807, 2.05) is 97.1 Å². The van der Waals surface area contributed by atoms with Crippen molar-refractivity contribution >= 4 is 9.84 Å². The molecule has 220 valence electrons. The molecule has 4 aromatic rings. The standard InChI is InChI=1S/C35H38O6S/c36-42(37,32-19-11-4-12-20-32)22-21-31-23-33(39-25-29-15-7-2-8-16-29)35(40-26-30-17-9-3-10-18-30)34(41-31)27-38-24-28-13-5-1-6-14-28/h1-20,31,33-35H,21-27H2/t31-,33-,34-,35+/m1/s1. The van der Waals surface area contributed by atoms with E-state index < -0.39 is 22.0 Å². The number of sulfone groups is 1. The maximum Gasteiger partial charge on any atom is 0.178 e. The molecule has 0 radical (unpaired) electrons. The third kappa shape index (κ3) is 8.84.